The summed E-state index contributed by atoms with van der Waals surface area (Å²) in [5, 5.41) is 6.33. The van der Waals surface area contributed by atoms with Gasteiger partial charge in [0.05, 0.1) is 16.3 Å². The molecular formula is C21H21ClF3N5O. The molecule has 3 heterocycles. The van der Waals surface area contributed by atoms with E-state index in [9.17, 15) is 18.0 Å². The molecule has 0 unspecified atom stereocenters. The summed E-state index contributed by atoms with van der Waals surface area (Å²) in [4.78, 5) is 20.3. The number of hydrogen-bond donors (Lipinski definition) is 0. The van der Waals surface area contributed by atoms with E-state index in [1.54, 1.807) is 21.9 Å². The van der Waals surface area contributed by atoms with Gasteiger partial charge in [0.1, 0.15) is 5.82 Å². The van der Waals surface area contributed by atoms with Crippen molar-refractivity contribution in [1.29, 1.82) is 0 Å². The van der Waals surface area contributed by atoms with Gasteiger partial charge in [0.2, 0.25) is 0 Å². The molecule has 31 heavy (non-hydrogen) atoms. The maximum absolute atomic E-state index is 12.8. The molecule has 0 aliphatic carbocycles. The Balaban J connectivity index is 1.38. The zero-order valence-electron chi connectivity index (χ0n) is 16.9. The molecule has 0 saturated carbocycles. The Kier molecular flexibility index (Phi) is 5.79. The second-order valence-electron chi connectivity index (χ2n) is 7.56. The summed E-state index contributed by atoms with van der Waals surface area (Å²) >= 11 is 6.04. The van der Waals surface area contributed by atoms with E-state index in [-0.39, 0.29) is 10.9 Å². The minimum Gasteiger partial charge on any atom is -0.352 e. The van der Waals surface area contributed by atoms with Crippen LogP contribution in [0.1, 0.15) is 29.3 Å². The van der Waals surface area contributed by atoms with E-state index in [0.717, 1.165) is 36.6 Å². The molecular weight excluding hydrogens is 431 g/mol. The van der Waals surface area contributed by atoms with Crippen molar-refractivity contribution < 1.29 is 18.0 Å². The number of amides is 1. The SMILES string of the molecule is CC1=NN(c2ccc(C(=O)N3CCN(c4ncc(C(F)(F)F)cc4Cl)CC3)cc2)CC1. The fraction of sp³-hybridized carbons (Fsp3) is 0.381. The molecule has 1 aromatic carbocycles. The zero-order valence-corrected chi connectivity index (χ0v) is 17.6. The number of halogens is 4. The van der Waals surface area contributed by atoms with E-state index < -0.39 is 11.7 Å². The quantitative estimate of drug-likeness (QED) is 0.698. The van der Waals surface area contributed by atoms with Crippen molar-refractivity contribution in [2.24, 2.45) is 5.10 Å². The lowest BCUT2D eigenvalue weighted by Gasteiger charge is -2.36. The first-order valence-corrected chi connectivity index (χ1v) is 10.3. The maximum Gasteiger partial charge on any atom is 0.417 e. The van der Waals surface area contributed by atoms with Gasteiger partial charge in [0, 0.05) is 56.6 Å². The number of carbonyl (C=O) groups is 1. The highest BCUT2D eigenvalue weighted by atomic mass is 35.5. The van der Waals surface area contributed by atoms with E-state index in [4.69, 9.17) is 11.6 Å². The van der Waals surface area contributed by atoms with Crippen molar-refractivity contribution in [3.05, 3.63) is 52.7 Å². The Labute approximate surface area is 182 Å². The van der Waals surface area contributed by atoms with Crippen LogP contribution in [0.5, 0.6) is 0 Å². The lowest BCUT2D eigenvalue weighted by Crippen LogP contribution is -2.49. The van der Waals surface area contributed by atoms with Crippen LogP contribution in [0, 0.1) is 0 Å². The van der Waals surface area contributed by atoms with E-state index in [1.165, 1.54) is 0 Å². The summed E-state index contributed by atoms with van der Waals surface area (Å²) in [7, 11) is 0. The fourth-order valence-electron chi connectivity index (χ4n) is 3.66. The van der Waals surface area contributed by atoms with E-state index in [1.807, 2.05) is 24.1 Å². The first-order chi connectivity index (χ1) is 14.7. The first-order valence-electron chi connectivity index (χ1n) is 9.91. The standard InChI is InChI=1S/C21H21ClF3N5O/c1-14-6-7-30(27-14)17-4-2-15(3-5-17)20(31)29-10-8-28(9-11-29)19-18(22)12-16(13-26-19)21(23,24)25/h2-5,12-13H,6-11H2,1H3. The molecule has 164 valence electrons. The van der Waals surface area contributed by atoms with Crippen molar-refractivity contribution in [3.63, 3.8) is 0 Å². The predicted molar refractivity (Wildman–Crippen MR) is 114 cm³/mol. The molecule has 2 aliphatic rings. The highest BCUT2D eigenvalue weighted by molar-refractivity contribution is 6.33. The lowest BCUT2D eigenvalue weighted by molar-refractivity contribution is -0.137. The van der Waals surface area contributed by atoms with Crippen molar-refractivity contribution in [1.82, 2.24) is 9.88 Å². The van der Waals surface area contributed by atoms with Crippen LogP contribution in [-0.4, -0.2) is 54.2 Å². The highest BCUT2D eigenvalue weighted by Crippen LogP contribution is 2.33. The number of benzene rings is 1. The van der Waals surface area contributed by atoms with Gasteiger partial charge in [0.25, 0.3) is 5.91 Å². The number of nitrogens with zero attached hydrogens (tertiary/aromatic N) is 5. The van der Waals surface area contributed by atoms with Gasteiger partial charge in [-0.15, -0.1) is 0 Å². The molecule has 6 nitrogen and oxygen atoms in total. The summed E-state index contributed by atoms with van der Waals surface area (Å²) in [6.07, 6.45) is -2.77. The number of pyridine rings is 1. The summed E-state index contributed by atoms with van der Waals surface area (Å²) in [5.41, 5.74) is 1.73. The van der Waals surface area contributed by atoms with Crippen LogP contribution >= 0.6 is 11.6 Å². The maximum atomic E-state index is 12.8. The highest BCUT2D eigenvalue weighted by Gasteiger charge is 2.32. The summed E-state index contributed by atoms with van der Waals surface area (Å²) in [6.45, 7) is 4.55. The summed E-state index contributed by atoms with van der Waals surface area (Å²) in [5.74, 6) is 0.214. The molecule has 0 radical (unpaired) electrons. The monoisotopic (exact) mass is 451 g/mol. The Morgan fingerprint density at radius 2 is 1.74 bits per heavy atom. The third-order valence-electron chi connectivity index (χ3n) is 5.40. The van der Waals surface area contributed by atoms with Gasteiger partial charge in [-0.3, -0.25) is 9.80 Å². The molecule has 1 fully saturated rings. The van der Waals surface area contributed by atoms with E-state index in [2.05, 4.69) is 10.1 Å². The molecule has 10 heteroatoms. The number of hydrazone groups is 1. The van der Waals surface area contributed by atoms with Crippen LogP contribution in [0.25, 0.3) is 0 Å². The fourth-order valence-corrected chi connectivity index (χ4v) is 3.94. The van der Waals surface area contributed by atoms with E-state index in [0.29, 0.717) is 37.6 Å². The van der Waals surface area contributed by atoms with Crippen LogP contribution in [0.15, 0.2) is 41.6 Å². The van der Waals surface area contributed by atoms with Gasteiger partial charge < -0.3 is 9.80 Å². The molecule has 0 N–H and O–H groups in total. The average Bonchev–Trinajstić information content (AvgIpc) is 3.19. The van der Waals surface area contributed by atoms with Gasteiger partial charge in [-0.2, -0.15) is 18.3 Å². The number of aromatic nitrogens is 1. The smallest absolute Gasteiger partial charge is 0.352 e. The topological polar surface area (TPSA) is 52.0 Å². The summed E-state index contributed by atoms with van der Waals surface area (Å²) < 4.78 is 38.4. The second kappa shape index (κ2) is 8.37. The second-order valence-corrected chi connectivity index (χ2v) is 7.97. The largest absolute Gasteiger partial charge is 0.417 e. The molecule has 0 bridgehead atoms. The van der Waals surface area contributed by atoms with Crippen LogP contribution in [0.2, 0.25) is 5.02 Å². The summed E-state index contributed by atoms with van der Waals surface area (Å²) in [6, 6.07) is 8.24. The van der Waals surface area contributed by atoms with Crippen molar-refractivity contribution in [2.75, 3.05) is 42.6 Å². The normalized spacial score (nSPS) is 17.2. The number of carbonyl (C=O) groups excluding carboxylic acids is 1. The Hall–Kier alpha value is -2.81. The van der Waals surface area contributed by atoms with Gasteiger partial charge >= 0.3 is 6.18 Å². The molecule has 1 amide bonds. The molecule has 0 atom stereocenters. The van der Waals surface area contributed by atoms with Crippen molar-refractivity contribution in [2.45, 2.75) is 19.5 Å². The van der Waals surface area contributed by atoms with Crippen LogP contribution in [-0.2, 0) is 6.18 Å². The Bertz CT molecular complexity index is 1000. The molecule has 1 saturated heterocycles. The number of alkyl halides is 3. The Morgan fingerprint density at radius 1 is 1.06 bits per heavy atom. The van der Waals surface area contributed by atoms with Gasteiger partial charge in [0.15, 0.2) is 0 Å². The third kappa shape index (κ3) is 4.61. The lowest BCUT2D eigenvalue weighted by atomic mass is 10.1. The molecule has 2 aromatic rings. The number of piperazine rings is 1. The van der Waals surface area contributed by atoms with Crippen LogP contribution in [0.4, 0.5) is 24.7 Å². The minimum absolute atomic E-state index is 0.0509. The first kappa shape index (κ1) is 21.4. The average molecular weight is 452 g/mol. The van der Waals surface area contributed by atoms with E-state index >= 15 is 0 Å². The van der Waals surface area contributed by atoms with Gasteiger partial charge in [-0.1, -0.05) is 11.6 Å². The van der Waals surface area contributed by atoms with Gasteiger partial charge in [-0.25, -0.2) is 4.98 Å². The predicted octanol–water partition coefficient (Wildman–Crippen LogP) is 4.30. The molecule has 1 aromatic heterocycles. The molecule has 4 rings (SSSR count). The van der Waals surface area contributed by atoms with Crippen molar-refractivity contribution in [3.8, 4) is 0 Å². The Morgan fingerprint density at radius 3 is 2.29 bits per heavy atom. The van der Waals surface area contributed by atoms with Gasteiger partial charge in [-0.05, 0) is 37.3 Å². The van der Waals surface area contributed by atoms with Crippen molar-refractivity contribution >= 4 is 34.7 Å². The third-order valence-corrected chi connectivity index (χ3v) is 5.68. The molecule has 0 spiro atoms. The molecule has 2 aliphatic heterocycles. The van der Waals surface area contributed by atoms with Crippen LogP contribution < -0.4 is 9.91 Å². The number of hydrogen-bond acceptors (Lipinski definition) is 5. The zero-order chi connectivity index (χ0) is 22.2. The number of anilines is 2. The minimum atomic E-state index is -4.49. The number of rotatable bonds is 3. The van der Waals surface area contributed by atoms with Crippen LogP contribution in [0.3, 0.4) is 0 Å².